The number of hydrogen-bond donors (Lipinski definition) is 2. The number of hydrogen-bond acceptors (Lipinski definition) is 5. The van der Waals surface area contributed by atoms with Crippen LogP contribution in [0.5, 0.6) is 0 Å². The van der Waals surface area contributed by atoms with E-state index in [4.69, 9.17) is 10.5 Å². The van der Waals surface area contributed by atoms with E-state index >= 15 is 0 Å². The number of rotatable bonds is 4. The molecule has 2 rings (SSSR count). The number of pyridine rings is 1. The number of anilines is 2. The summed E-state index contributed by atoms with van der Waals surface area (Å²) in [5, 5.41) is 22.9. The predicted octanol–water partition coefficient (Wildman–Crippen LogP) is 2.68. The molecule has 1 heterocycles. The van der Waals surface area contributed by atoms with Crippen LogP contribution in [0.25, 0.3) is 0 Å². The first kappa shape index (κ1) is 14.8. The van der Waals surface area contributed by atoms with Crippen molar-refractivity contribution in [3.05, 3.63) is 66.1 Å². The Hall–Kier alpha value is -3.64. The fourth-order valence-electron chi connectivity index (χ4n) is 1.63. The van der Waals surface area contributed by atoms with Crippen LogP contribution in [0.2, 0.25) is 0 Å². The molecule has 0 spiro atoms. The lowest BCUT2D eigenvalue weighted by atomic mass is 10.2. The summed E-state index contributed by atoms with van der Waals surface area (Å²) in [6.07, 6.45) is 4.38. The van der Waals surface area contributed by atoms with E-state index in [0.29, 0.717) is 16.9 Å². The Bertz CT molecular complexity index is 768. The van der Waals surface area contributed by atoms with Gasteiger partial charge >= 0.3 is 0 Å². The van der Waals surface area contributed by atoms with Crippen LogP contribution in [-0.4, -0.2) is 10.9 Å². The molecule has 106 valence electrons. The number of amides is 1. The van der Waals surface area contributed by atoms with Crippen LogP contribution < -0.4 is 10.6 Å². The predicted molar refractivity (Wildman–Crippen MR) is 81.6 cm³/mol. The summed E-state index contributed by atoms with van der Waals surface area (Å²) in [6, 6.07) is 13.8. The molecule has 0 unspecified atom stereocenters. The van der Waals surface area contributed by atoms with Gasteiger partial charge < -0.3 is 10.6 Å². The molecule has 6 nitrogen and oxygen atoms in total. The maximum absolute atomic E-state index is 12.0. The van der Waals surface area contributed by atoms with Crippen LogP contribution in [0.15, 0.2) is 60.6 Å². The van der Waals surface area contributed by atoms with E-state index in [1.54, 1.807) is 54.7 Å². The highest BCUT2D eigenvalue weighted by Gasteiger charge is 2.05. The molecule has 1 aromatic carbocycles. The van der Waals surface area contributed by atoms with Crippen molar-refractivity contribution in [2.75, 3.05) is 10.6 Å². The number of aromatic nitrogens is 1. The second kappa shape index (κ2) is 7.22. The smallest absolute Gasteiger partial charge is 0.257 e. The number of allylic oxidation sites excluding steroid dienone is 1. The molecule has 0 aliphatic carbocycles. The van der Waals surface area contributed by atoms with Gasteiger partial charge in [-0.05, 0) is 30.3 Å². The highest BCUT2D eigenvalue weighted by molar-refractivity contribution is 6.04. The molecule has 0 aliphatic rings. The Balaban J connectivity index is 2.10. The molecule has 1 amide bonds. The largest absolute Gasteiger partial charge is 0.360 e. The van der Waals surface area contributed by atoms with Crippen molar-refractivity contribution in [3.63, 3.8) is 0 Å². The highest BCUT2D eigenvalue weighted by Crippen LogP contribution is 2.16. The minimum atomic E-state index is -0.268. The van der Waals surface area contributed by atoms with Gasteiger partial charge in [-0.1, -0.05) is 6.07 Å². The average Bonchev–Trinajstić information content (AvgIpc) is 2.57. The van der Waals surface area contributed by atoms with Gasteiger partial charge in [0.05, 0.1) is 5.56 Å². The average molecular weight is 289 g/mol. The zero-order chi connectivity index (χ0) is 15.8. The molecule has 0 radical (unpaired) electrons. The number of benzene rings is 1. The van der Waals surface area contributed by atoms with E-state index in [-0.39, 0.29) is 11.5 Å². The minimum Gasteiger partial charge on any atom is -0.360 e. The van der Waals surface area contributed by atoms with E-state index in [1.807, 2.05) is 0 Å². The maximum Gasteiger partial charge on any atom is 0.257 e. The van der Waals surface area contributed by atoms with E-state index in [1.165, 1.54) is 12.4 Å². The summed E-state index contributed by atoms with van der Waals surface area (Å²) in [5.74, 6) is -0.268. The van der Waals surface area contributed by atoms with E-state index in [9.17, 15) is 4.79 Å². The SMILES string of the molecule is N#CC(C#N)=CNc1cccc(NC(=O)c2cccnc2)c1. The second-order valence-electron chi connectivity index (χ2n) is 4.20. The van der Waals surface area contributed by atoms with Crippen molar-refractivity contribution in [3.8, 4) is 12.1 Å². The van der Waals surface area contributed by atoms with E-state index < -0.39 is 0 Å². The lowest BCUT2D eigenvalue weighted by Gasteiger charge is -2.07. The monoisotopic (exact) mass is 289 g/mol. The van der Waals surface area contributed by atoms with Gasteiger partial charge in [-0.2, -0.15) is 10.5 Å². The Morgan fingerprint density at radius 1 is 1.14 bits per heavy atom. The van der Waals surface area contributed by atoms with Gasteiger partial charge in [0.25, 0.3) is 5.91 Å². The lowest BCUT2D eigenvalue weighted by molar-refractivity contribution is 0.102. The Morgan fingerprint density at radius 2 is 1.91 bits per heavy atom. The van der Waals surface area contributed by atoms with Crippen molar-refractivity contribution in [2.45, 2.75) is 0 Å². The molecule has 22 heavy (non-hydrogen) atoms. The van der Waals surface area contributed by atoms with Crippen LogP contribution in [0.3, 0.4) is 0 Å². The summed E-state index contributed by atoms with van der Waals surface area (Å²) in [7, 11) is 0. The van der Waals surface area contributed by atoms with Crippen molar-refractivity contribution >= 4 is 17.3 Å². The van der Waals surface area contributed by atoms with Crippen molar-refractivity contribution < 1.29 is 4.79 Å². The molecule has 0 saturated heterocycles. The highest BCUT2D eigenvalue weighted by atomic mass is 16.1. The van der Waals surface area contributed by atoms with Gasteiger partial charge in [0, 0.05) is 30.0 Å². The number of nitriles is 2. The Morgan fingerprint density at radius 3 is 2.59 bits per heavy atom. The van der Waals surface area contributed by atoms with Gasteiger partial charge in [0.15, 0.2) is 0 Å². The van der Waals surface area contributed by atoms with Gasteiger partial charge in [-0.3, -0.25) is 9.78 Å². The van der Waals surface area contributed by atoms with Crippen LogP contribution in [0.4, 0.5) is 11.4 Å². The summed E-state index contributed by atoms with van der Waals surface area (Å²) >= 11 is 0. The molecule has 2 aromatic rings. The number of nitrogens with one attached hydrogen (secondary N) is 2. The fourth-order valence-corrected chi connectivity index (χ4v) is 1.63. The maximum atomic E-state index is 12.0. The van der Waals surface area contributed by atoms with Gasteiger partial charge in [0.1, 0.15) is 17.7 Å². The van der Waals surface area contributed by atoms with Crippen LogP contribution in [0.1, 0.15) is 10.4 Å². The van der Waals surface area contributed by atoms with Crippen molar-refractivity contribution in [1.29, 1.82) is 10.5 Å². The molecule has 2 N–H and O–H groups in total. The quantitative estimate of drug-likeness (QED) is 0.842. The normalized spacial score (nSPS) is 9.00. The topological polar surface area (TPSA) is 102 Å². The number of carbonyl (C=O) groups is 1. The lowest BCUT2D eigenvalue weighted by Crippen LogP contribution is -2.12. The third kappa shape index (κ3) is 3.92. The van der Waals surface area contributed by atoms with E-state index in [0.717, 1.165) is 0 Å². The van der Waals surface area contributed by atoms with E-state index in [2.05, 4.69) is 15.6 Å². The van der Waals surface area contributed by atoms with Gasteiger partial charge in [-0.15, -0.1) is 0 Å². The van der Waals surface area contributed by atoms with Gasteiger partial charge in [0.2, 0.25) is 0 Å². The Labute approximate surface area is 127 Å². The molecular formula is C16H11N5O. The molecule has 0 saturated carbocycles. The molecular weight excluding hydrogens is 278 g/mol. The summed E-state index contributed by atoms with van der Waals surface area (Å²) < 4.78 is 0. The van der Waals surface area contributed by atoms with Crippen LogP contribution in [0, 0.1) is 22.7 Å². The summed E-state index contributed by atoms with van der Waals surface area (Å²) in [6.45, 7) is 0. The second-order valence-corrected chi connectivity index (χ2v) is 4.20. The summed E-state index contributed by atoms with van der Waals surface area (Å²) in [5.41, 5.74) is 1.65. The fraction of sp³-hybridized carbons (Fsp3) is 0. The molecule has 0 aliphatic heterocycles. The first-order chi connectivity index (χ1) is 10.7. The Kier molecular flexibility index (Phi) is 4.85. The third-order valence-electron chi connectivity index (χ3n) is 2.67. The minimum absolute atomic E-state index is 0.0372. The van der Waals surface area contributed by atoms with Crippen LogP contribution in [-0.2, 0) is 0 Å². The zero-order valence-corrected chi connectivity index (χ0v) is 11.4. The number of nitrogens with zero attached hydrogens (tertiary/aromatic N) is 3. The van der Waals surface area contributed by atoms with Gasteiger partial charge in [-0.25, -0.2) is 0 Å². The van der Waals surface area contributed by atoms with Crippen LogP contribution >= 0.6 is 0 Å². The number of carbonyl (C=O) groups excluding carboxylic acids is 1. The summed E-state index contributed by atoms with van der Waals surface area (Å²) in [4.78, 5) is 15.9. The zero-order valence-electron chi connectivity index (χ0n) is 11.4. The standard InChI is InChI=1S/C16H11N5O/c17-8-12(9-18)10-20-14-4-1-5-15(7-14)21-16(22)13-3-2-6-19-11-13/h1-7,10-11,20H,(H,21,22). The van der Waals surface area contributed by atoms with Crippen molar-refractivity contribution in [1.82, 2.24) is 4.98 Å². The molecule has 0 bridgehead atoms. The first-order valence-electron chi connectivity index (χ1n) is 6.31. The molecule has 1 aromatic heterocycles. The molecule has 0 atom stereocenters. The molecule has 6 heteroatoms. The first-order valence-corrected chi connectivity index (χ1v) is 6.31. The van der Waals surface area contributed by atoms with Crippen molar-refractivity contribution in [2.24, 2.45) is 0 Å². The molecule has 0 fully saturated rings. The third-order valence-corrected chi connectivity index (χ3v) is 2.67.